The van der Waals surface area contributed by atoms with Crippen LogP contribution in [0.25, 0.3) is 0 Å². The van der Waals surface area contributed by atoms with Crippen LogP contribution < -0.4 is 16.0 Å². The first kappa shape index (κ1) is 11.9. The number of hydrazine groups is 1. The molecule has 15 heavy (non-hydrogen) atoms. The van der Waals surface area contributed by atoms with Gasteiger partial charge < -0.3 is 4.74 Å². The Labute approximate surface area is 87.2 Å². The number of alkyl halides is 2. The van der Waals surface area contributed by atoms with Crippen molar-refractivity contribution >= 4 is 0 Å². The molecular weight excluding hydrogens is 202 g/mol. The Morgan fingerprint density at radius 2 is 2.20 bits per heavy atom. The van der Waals surface area contributed by atoms with Gasteiger partial charge in [-0.05, 0) is 24.1 Å². The van der Waals surface area contributed by atoms with Gasteiger partial charge in [0.15, 0.2) is 0 Å². The molecule has 5 heteroatoms. The SMILES string of the molecule is CCC(NN)c1cccc(OC(F)F)c1. The standard InChI is InChI=1S/C10H14F2N2O/c1-2-9(14-13)7-4-3-5-8(6-7)15-10(11)12/h3-6,9-10,14H,2,13H2,1H3. The summed E-state index contributed by atoms with van der Waals surface area (Å²) in [6, 6.07) is 6.46. The lowest BCUT2D eigenvalue weighted by molar-refractivity contribution is -0.0499. The molecule has 1 aromatic carbocycles. The van der Waals surface area contributed by atoms with Gasteiger partial charge in [0.05, 0.1) is 0 Å². The maximum atomic E-state index is 12.0. The van der Waals surface area contributed by atoms with Crippen LogP contribution >= 0.6 is 0 Å². The van der Waals surface area contributed by atoms with E-state index >= 15 is 0 Å². The zero-order valence-electron chi connectivity index (χ0n) is 8.41. The van der Waals surface area contributed by atoms with Crippen LogP contribution in [0.1, 0.15) is 24.9 Å². The number of ether oxygens (including phenoxy) is 1. The summed E-state index contributed by atoms with van der Waals surface area (Å²) in [4.78, 5) is 0. The maximum absolute atomic E-state index is 12.0. The Bertz CT molecular complexity index is 303. The van der Waals surface area contributed by atoms with Crippen LogP contribution in [-0.4, -0.2) is 6.61 Å². The van der Waals surface area contributed by atoms with Gasteiger partial charge in [-0.3, -0.25) is 11.3 Å². The first-order valence-electron chi connectivity index (χ1n) is 4.68. The molecule has 1 unspecified atom stereocenters. The number of rotatable bonds is 5. The normalized spacial score (nSPS) is 12.9. The molecule has 0 aromatic heterocycles. The average Bonchev–Trinajstić information content (AvgIpc) is 2.19. The summed E-state index contributed by atoms with van der Waals surface area (Å²) in [6.45, 7) is -0.850. The third kappa shape index (κ3) is 3.45. The lowest BCUT2D eigenvalue weighted by Gasteiger charge is -2.14. The summed E-state index contributed by atoms with van der Waals surface area (Å²) in [5.74, 6) is 5.48. The number of nitrogens with one attached hydrogen (secondary N) is 1. The molecule has 0 saturated heterocycles. The lowest BCUT2D eigenvalue weighted by Crippen LogP contribution is -2.27. The van der Waals surface area contributed by atoms with Gasteiger partial charge in [0.2, 0.25) is 0 Å². The van der Waals surface area contributed by atoms with E-state index in [4.69, 9.17) is 5.84 Å². The van der Waals surface area contributed by atoms with E-state index in [0.717, 1.165) is 12.0 Å². The summed E-state index contributed by atoms with van der Waals surface area (Å²) < 4.78 is 28.2. The van der Waals surface area contributed by atoms with Gasteiger partial charge in [-0.1, -0.05) is 19.1 Å². The molecule has 3 nitrogen and oxygen atoms in total. The average molecular weight is 216 g/mol. The molecule has 0 aliphatic rings. The highest BCUT2D eigenvalue weighted by Crippen LogP contribution is 2.21. The number of halogens is 2. The van der Waals surface area contributed by atoms with Crippen LogP contribution in [0, 0.1) is 0 Å². The highest BCUT2D eigenvalue weighted by Gasteiger charge is 2.09. The summed E-state index contributed by atoms with van der Waals surface area (Å²) in [5, 5.41) is 0. The molecule has 0 fully saturated rings. The molecule has 0 heterocycles. The minimum atomic E-state index is -2.80. The van der Waals surface area contributed by atoms with E-state index in [9.17, 15) is 8.78 Å². The number of benzene rings is 1. The summed E-state index contributed by atoms with van der Waals surface area (Å²) in [6.07, 6.45) is 0.772. The van der Waals surface area contributed by atoms with Crippen LogP contribution in [0.15, 0.2) is 24.3 Å². The minimum absolute atomic E-state index is 0.0498. The Morgan fingerprint density at radius 3 is 2.73 bits per heavy atom. The number of hydrogen-bond acceptors (Lipinski definition) is 3. The first-order chi connectivity index (χ1) is 7.17. The fraction of sp³-hybridized carbons (Fsp3) is 0.400. The van der Waals surface area contributed by atoms with Gasteiger partial charge in [0.25, 0.3) is 0 Å². The Kier molecular flexibility index (Phi) is 4.45. The molecule has 3 N–H and O–H groups in total. The second-order valence-electron chi connectivity index (χ2n) is 3.08. The van der Waals surface area contributed by atoms with Crippen molar-refractivity contribution in [3.63, 3.8) is 0 Å². The van der Waals surface area contributed by atoms with Gasteiger partial charge >= 0.3 is 6.61 Å². The van der Waals surface area contributed by atoms with Crippen molar-refractivity contribution in [3.05, 3.63) is 29.8 Å². The molecule has 1 atom stereocenters. The zero-order valence-corrected chi connectivity index (χ0v) is 8.41. The molecule has 1 rings (SSSR count). The first-order valence-corrected chi connectivity index (χ1v) is 4.68. The second-order valence-corrected chi connectivity index (χ2v) is 3.08. The zero-order chi connectivity index (χ0) is 11.3. The highest BCUT2D eigenvalue weighted by atomic mass is 19.3. The Morgan fingerprint density at radius 1 is 1.47 bits per heavy atom. The molecule has 0 saturated carbocycles. The third-order valence-electron chi connectivity index (χ3n) is 2.10. The smallest absolute Gasteiger partial charge is 0.387 e. The highest BCUT2D eigenvalue weighted by molar-refractivity contribution is 5.30. The van der Waals surface area contributed by atoms with Gasteiger partial charge in [-0.2, -0.15) is 8.78 Å². The fourth-order valence-electron chi connectivity index (χ4n) is 1.36. The molecule has 84 valence electrons. The van der Waals surface area contributed by atoms with Crippen LogP contribution in [0.2, 0.25) is 0 Å². The van der Waals surface area contributed by atoms with Gasteiger partial charge in [0.1, 0.15) is 5.75 Å². The molecule has 0 spiro atoms. The van der Waals surface area contributed by atoms with E-state index in [1.165, 1.54) is 6.07 Å². The summed E-state index contributed by atoms with van der Waals surface area (Å²) in [7, 11) is 0. The second kappa shape index (κ2) is 5.63. The van der Waals surface area contributed by atoms with Crippen LogP contribution in [0.4, 0.5) is 8.78 Å². The molecule has 0 bridgehead atoms. The molecule has 0 aliphatic carbocycles. The molecular formula is C10H14F2N2O. The number of nitrogens with two attached hydrogens (primary N) is 1. The van der Waals surface area contributed by atoms with Crippen molar-refractivity contribution in [2.75, 3.05) is 0 Å². The molecule has 0 amide bonds. The van der Waals surface area contributed by atoms with Gasteiger partial charge in [-0.25, -0.2) is 0 Å². The summed E-state index contributed by atoms with van der Waals surface area (Å²) >= 11 is 0. The van der Waals surface area contributed by atoms with E-state index in [2.05, 4.69) is 10.2 Å². The monoisotopic (exact) mass is 216 g/mol. The van der Waals surface area contributed by atoms with Gasteiger partial charge in [-0.15, -0.1) is 0 Å². The van der Waals surface area contributed by atoms with Crippen molar-refractivity contribution < 1.29 is 13.5 Å². The van der Waals surface area contributed by atoms with Gasteiger partial charge in [0, 0.05) is 6.04 Å². The van der Waals surface area contributed by atoms with Crippen LogP contribution in [-0.2, 0) is 0 Å². The Hall–Kier alpha value is -1.20. The Balaban J connectivity index is 2.81. The minimum Gasteiger partial charge on any atom is -0.435 e. The summed E-state index contributed by atoms with van der Waals surface area (Å²) in [5.41, 5.74) is 3.44. The third-order valence-corrected chi connectivity index (χ3v) is 2.10. The largest absolute Gasteiger partial charge is 0.435 e. The van der Waals surface area contributed by atoms with Crippen LogP contribution in [0.3, 0.4) is 0 Å². The van der Waals surface area contributed by atoms with Crippen molar-refractivity contribution in [1.29, 1.82) is 0 Å². The quantitative estimate of drug-likeness (QED) is 0.586. The molecule has 0 radical (unpaired) electrons. The van der Waals surface area contributed by atoms with E-state index in [-0.39, 0.29) is 11.8 Å². The van der Waals surface area contributed by atoms with Crippen molar-refractivity contribution in [3.8, 4) is 5.75 Å². The molecule has 1 aromatic rings. The lowest BCUT2D eigenvalue weighted by atomic mass is 10.1. The van der Waals surface area contributed by atoms with E-state index in [0.29, 0.717) is 0 Å². The predicted octanol–water partition coefficient (Wildman–Crippen LogP) is 2.20. The molecule has 0 aliphatic heterocycles. The van der Waals surface area contributed by atoms with E-state index < -0.39 is 6.61 Å². The van der Waals surface area contributed by atoms with E-state index in [1.807, 2.05) is 13.0 Å². The van der Waals surface area contributed by atoms with Crippen molar-refractivity contribution in [2.45, 2.75) is 26.0 Å². The fourth-order valence-corrected chi connectivity index (χ4v) is 1.36. The maximum Gasteiger partial charge on any atom is 0.387 e. The topological polar surface area (TPSA) is 47.3 Å². The van der Waals surface area contributed by atoms with Crippen molar-refractivity contribution in [1.82, 2.24) is 5.43 Å². The predicted molar refractivity (Wildman–Crippen MR) is 53.4 cm³/mol. The number of hydrogen-bond donors (Lipinski definition) is 2. The van der Waals surface area contributed by atoms with Crippen LogP contribution in [0.5, 0.6) is 5.75 Å². The van der Waals surface area contributed by atoms with E-state index in [1.54, 1.807) is 12.1 Å². The van der Waals surface area contributed by atoms with Crippen molar-refractivity contribution in [2.24, 2.45) is 5.84 Å².